The molecule has 3 rings (SSSR count). The molecule has 1 amide bonds. The van der Waals surface area contributed by atoms with Crippen LogP contribution in [0.4, 0.5) is 5.95 Å². The third-order valence-corrected chi connectivity index (χ3v) is 5.71. The molecule has 0 aliphatic carbocycles. The van der Waals surface area contributed by atoms with Gasteiger partial charge in [-0.05, 0) is 58.5 Å². The lowest BCUT2D eigenvalue weighted by molar-refractivity contribution is 0.0946. The normalized spacial score (nSPS) is 21.2. The molecule has 0 radical (unpaired) electrons. The molecule has 0 aromatic carbocycles. The number of anilines is 1. The van der Waals surface area contributed by atoms with Crippen molar-refractivity contribution in [2.24, 2.45) is 0 Å². The van der Waals surface area contributed by atoms with Gasteiger partial charge in [0.25, 0.3) is 5.91 Å². The van der Waals surface area contributed by atoms with Gasteiger partial charge in [-0.25, -0.2) is 9.97 Å². The van der Waals surface area contributed by atoms with E-state index < -0.39 is 0 Å². The number of likely N-dealkylation sites (tertiary alicyclic amines) is 1. The minimum atomic E-state index is -0.204. The Kier molecular flexibility index (Phi) is 7.08. The predicted molar refractivity (Wildman–Crippen MR) is 105 cm³/mol. The van der Waals surface area contributed by atoms with Gasteiger partial charge in [0.05, 0.1) is 11.2 Å². The predicted octanol–water partition coefficient (Wildman–Crippen LogP) is 3.11. The molecule has 1 atom stereocenters. The average molecular weight is 380 g/mol. The number of carbonyl (C=O) groups excluding carboxylic acids is 1. The van der Waals surface area contributed by atoms with Crippen molar-refractivity contribution in [2.75, 3.05) is 37.6 Å². The Labute approximate surface area is 161 Å². The minimum Gasteiger partial charge on any atom is -0.351 e. The van der Waals surface area contributed by atoms with Gasteiger partial charge in [-0.15, -0.1) is 0 Å². The van der Waals surface area contributed by atoms with E-state index in [1.807, 2.05) is 0 Å². The fraction of sp³-hybridized carbons (Fsp3) is 0.737. The first-order valence-corrected chi connectivity index (χ1v) is 10.3. The van der Waals surface area contributed by atoms with Gasteiger partial charge in [-0.1, -0.05) is 18.0 Å². The van der Waals surface area contributed by atoms with Gasteiger partial charge in [-0.3, -0.25) is 4.79 Å². The van der Waals surface area contributed by atoms with Crippen LogP contribution in [0.2, 0.25) is 5.02 Å². The summed E-state index contributed by atoms with van der Waals surface area (Å²) in [5.74, 6) is 0.403. The van der Waals surface area contributed by atoms with Crippen molar-refractivity contribution in [1.29, 1.82) is 0 Å². The van der Waals surface area contributed by atoms with E-state index in [-0.39, 0.29) is 11.6 Å². The van der Waals surface area contributed by atoms with Crippen LogP contribution < -0.4 is 10.2 Å². The first-order valence-electron chi connectivity index (χ1n) is 9.95. The van der Waals surface area contributed by atoms with E-state index >= 15 is 0 Å². The van der Waals surface area contributed by atoms with Gasteiger partial charge < -0.3 is 15.1 Å². The third-order valence-electron chi connectivity index (χ3n) is 5.43. The van der Waals surface area contributed by atoms with Crippen molar-refractivity contribution in [2.45, 2.75) is 57.9 Å². The van der Waals surface area contributed by atoms with E-state index in [0.29, 0.717) is 23.6 Å². The number of aromatic nitrogens is 2. The molecule has 1 N–H and O–H groups in total. The maximum Gasteiger partial charge on any atom is 0.271 e. The highest BCUT2D eigenvalue weighted by atomic mass is 35.5. The maximum absolute atomic E-state index is 12.4. The number of carbonyl (C=O) groups is 1. The lowest BCUT2D eigenvalue weighted by Crippen LogP contribution is -2.38. The van der Waals surface area contributed by atoms with Gasteiger partial charge in [0.15, 0.2) is 5.69 Å². The lowest BCUT2D eigenvalue weighted by atomic mass is 10.0. The summed E-state index contributed by atoms with van der Waals surface area (Å²) in [7, 11) is 0. The lowest BCUT2D eigenvalue weighted by Gasteiger charge is -2.33. The summed E-state index contributed by atoms with van der Waals surface area (Å²) in [5, 5.41) is 3.27. The van der Waals surface area contributed by atoms with Gasteiger partial charge in [0.1, 0.15) is 0 Å². The van der Waals surface area contributed by atoms with Crippen molar-refractivity contribution in [3.8, 4) is 0 Å². The Hall–Kier alpha value is -1.40. The molecule has 1 aromatic rings. The second-order valence-electron chi connectivity index (χ2n) is 7.40. The van der Waals surface area contributed by atoms with Crippen LogP contribution in [0.15, 0.2) is 6.20 Å². The summed E-state index contributed by atoms with van der Waals surface area (Å²) in [5.41, 5.74) is 0.285. The highest BCUT2D eigenvalue weighted by Crippen LogP contribution is 2.20. The van der Waals surface area contributed by atoms with E-state index in [0.717, 1.165) is 45.3 Å². The molecule has 2 aliphatic heterocycles. The molecule has 2 aliphatic rings. The maximum atomic E-state index is 12.4. The number of nitrogens with one attached hydrogen (secondary N) is 1. The van der Waals surface area contributed by atoms with E-state index in [1.54, 1.807) is 0 Å². The molecule has 3 heterocycles. The standard InChI is InChI=1S/C19H30ClN5O/c1-15-8-2-4-10-24(15)11-5-3-9-21-18(26)17-16(20)14-22-19(23-17)25-12-6-7-13-25/h14-15H,2-13H2,1H3,(H,21,26). The Morgan fingerprint density at radius 2 is 2.00 bits per heavy atom. The Balaban J connectivity index is 1.43. The Morgan fingerprint density at radius 3 is 2.77 bits per heavy atom. The summed E-state index contributed by atoms with van der Waals surface area (Å²) >= 11 is 6.14. The minimum absolute atomic E-state index is 0.204. The molecule has 7 heteroatoms. The zero-order valence-electron chi connectivity index (χ0n) is 15.7. The number of unbranched alkanes of at least 4 members (excludes halogenated alkanes) is 1. The van der Waals surface area contributed by atoms with Crippen molar-refractivity contribution in [3.05, 3.63) is 16.9 Å². The van der Waals surface area contributed by atoms with E-state index in [4.69, 9.17) is 11.6 Å². The van der Waals surface area contributed by atoms with Crippen molar-refractivity contribution in [3.63, 3.8) is 0 Å². The quantitative estimate of drug-likeness (QED) is 0.737. The Morgan fingerprint density at radius 1 is 1.23 bits per heavy atom. The molecule has 2 fully saturated rings. The molecule has 0 bridgehead atoms. The van der Waals surface area contributed by atoms with Crippen LogP contribution in [0.3, 0.4) is 0 Å². The van der Waals surface area contributed by atoms with E-state index in [2.05, 4.69) is 32.0 Å². The van der Waals surface area contributed by atoms with Gasteiger partial charge in [0.2, 0.25) is 5.95 Å². The van der Waals surface area contributed by atoms with E-state index in [9.17, 15) is 4.79 Å². The largest absolute Gasteiger partial charge is 0.351 e. The SMILES string of the molecule is CC1CCCCN1CCCCNC(=O)c1nc(N2CCCC2)ncc1Cl. The molecule has 2 saturated heterocycles. The Bertz CT molecular complexity index is 606. The van der Waals surface area contributed by atoms with Crippen LogP contribution in [0, 0.1) is 0 Å². The monoisotopic (exact) mass is 379 g/mol. The van der Waals surface area contributed by atoms with Gasteiger partial charge in [0, 0.05) is 25.7 Å². The molecule has 1 aromatic heterocycles. The summed E-state index contributed by atoms with van der Waals surface area (Å²) in [6.45, 7) is 7.18. The fourth-order valence-corrected chi connectivity index (χ4v) is 3.98. The van der Waals surface area contributed by atoms with Crippen LogP contribution in [0.5, 0.6) is 0 Å². The van der Waals surface area contributed by atoms with Crippen LogP contribution in [-0.4, -0.2) is 59.5 Å². The summed E-state index contributed by atoms with van der Waals surface area (Å²) in [6, 6.07) is 0.696. The van der Waals surface area contributed by atoms with Crippen molar-refractivity contribution < 1.29 is 4.79 Å². The number of piperidine rings is 1. The third kappa shape index (κ3) is 5.07. The molecule has 0 spiro atoms. The molecular weight excluding hydrogens is 350 g/mol. The number of hydrogen-bond donors (Lipinski definition) is 1. The van der Waals surface area contributed by atoms with E-state index in [1.165, 1.54) is 32.0 Å². The van der Waals surface area contributed by atoms with Crippen molar-refractivity contribution in [1.82, 2.24) is 20.2 Å². The number of amides is 1. The second-order valence-corrected chi connectivity index (χ2v) is 7.81. The zero-order valence-corrected chi connectivity index (χ0v) is 16.5. The average Bonchev–Trinajstić information content (AvgIpc) is 3.18. The molecule has 1 unspecified atom stereocenters. The van der Waals surface area contributed by atoms with Crippen molar-refractivity contribution >= 4 is 23.5 Å². The number of nitrogens with zero attached hydrogens (tertiary/aromatic N) is 4. The number of hydrogen-bond acceptors (Lipinski definition) is 5. The molecule has 26 heavy (non-hydrogen) atoms. The van der Waals surface area contributed by atoms with Crippen LogP contribution in [0.1, 0.15) is 62.4 Å². The van der Waals surface area contributed by atoms with Gasteiger partial charge >= 0.3 is 0 Å². The fourth-order valence-electron chi connectivity index (χ4n) is 3.80. The smallest absolute Gasteiger partial charge is 0.271 e. The molecular formula is C19H30ClN5O. The first kappa shape index (κ1) is 19.4. The summed E-state index contributed by atoms with van der Waals surface area (Å²) < 4.78 is 0. The van der Waals surface area contributed by atoms with Crippen LogP contribution in [-0.2, 0) is 0 Å². The zero-order chi connectivity index (χ0) is 18.4. The van der Waals surface area contributed by atoms with Crippen LogP contribution >= 0.6 is 11.6 Å². The number of halogens is 1. The summed E-state index contributed by atoms with van der Waals surface area (Å²) in [4.78, 5) is 25.8. The second kappa shape index (κ2) is 9.51. The van der Waals surface area contributed by atoms with Gasteiger partial charge in [-0.2, -0.15) is 0 Å². The topological polar surface area (TPSA) is 61.4 Å². The highest BCUT2D eigenvalue weighted by Gasteiger charge is 2.20. The molecule has 144 valence electrons. The highest BCUT2D eigenvalue weighted by molar-refractivity contribution is 6.33. The molecule has 6 nitrogen and oxygen atoms in total. The molecule has 0 saturated carbocycles. The summed E-state index contributed by atoms with van der Waals surface area (Å²) in [6.07, 6.45) is 9.86. The first-order chi connectivity index (χ1) is 12.6. The van der Waals surface area contributed by atoms with Crippen LogP contribution in [0.25, 0.3) is 0 Å². The number of rotatable bonds is 7.